The number of pyridine rings is 1. The number of hydrogen-bond donors (Lipinski definition) is 2. The molecular formula is C17H16FN3O2. The lowest BCUT2D eigenvalue weighted by Gasteiger charge is -2.33. The number of nitrogens with one attached hydrogen (secondary N) is 2. The van der Waals surface area contributed by atoms with Gasteiger partial charge in [0, 0.05) is 6.42 Å². The molecule has 1 aromatic carbocycles. The molecule has 118 valence electrons. The van der Waals surface area contributed by atoms with E-state index in [9.17, 15) is 14.0 Å². The Morgan fingerprint density at radius 2 is 2.00 bits per heavy atom. The normalized spacial score (nSPS) is 20.7. The Balaban J connectivity index is 1.77. The molecule has 2 aromatic rings. The van der Waals surface area contributed by atoms with Gasteiger partial charge in [0.25, 0.3) is 5.91 Å². The van der Waals surface area contributed by atoms with Crippen LogP contribution in [-0.2, 0) is 4.79 Å². The van der Waals surface area contributed by atoms with Crippen LogP contribution >= 0.6 is 0 Å². The summed E-state index contributed by atoms with van der Waals surface area (Å²) in [5.41, 5.74) is 1.08. The van der Waals surface area contributed by atoms with Crippen molar-refractivity contribution in [3.05, 3.63) is 65.7 Å². The van der Waals surface area contributed by atoms with E-state index in [1.54, 1.807) is 0 Å². The average molecular weight is 313 g/mol. The standard InChI is InChI=1S/C17H16FN3O2/c18-12-6-7-14(19-10-12)17(23)20-13-8-9-15(22)21-16(13)11-4-2-1-3-5-11/h1-7,10,13,16H,8-9H2,(H,20,23)(H,21,22)/t13-,16+/m1/s1. The maximum Gasteiger partial charge on any atom is 0.270 e. The summed E-state index contributed by atoms with van der Waals surface area (Å²) in [4.78, 5) is 27.8. The van der Waals surface area contributed by atoms with Crippen LogP contribution in [0.5, 0.6) is 0 Å². The summed E-state index contributed by atoms with van der Waals surface area (Å²) in [6, 6.07) is 11.5. The number of carbonyl (C=O) groups is 2. The fourth-order valence-electron chi connectivity index (χ4n) is 2.68. The zero-order chi connectivity index (χ0) is 16.2. The third-order valence-electron chi connectivity index (χ3n) is 3.84. The van der Waals surface area contributed by atoms with Crippen molar-refractivity contribution in [2.24, 2.45) is 0 Å². The average Bonchev–Trinajstić information content (AvgIpc) is 2.58. The lowest BCUT2D eigenvalue weighted by molar-refractivity contribution is -0.123. The first-order chi connectivity index (χ1) is 11.1. The summed E-state index contributed by atoms with van der Waals surface area (Å²) < 4.78 is 12.9. The summed E-state index contributed by atoms with van der Waals surface area (Å²) in [7, 11) is 0. The summed E-state index contributed by atoms with van der Waals surface area (Å²) in [5.74, 6) is -0.912. The smallest absolute Gasteiger partial charge is 0.270 e. The van der Waals surface area contributed by atoms with Crippen molar-refractivity contribution in [3.8, 4) is 0 Å². The number of benzene rings is 1. The predicted molar refractivity (Wildman–Crippen MR) is 82.0 cm³/mol. The Morgan fingerprint density at radius 3 is 2.70 bits per heavy atom. The van der Waals surface area contributed by atoms with E-state index in [2.05, 4.69) is 15.6 Å². The van der Waals surface area contributed by atoms with E-state index in [0.717, 1.165) is 11.8 Å². The first-order valence-electron chi connectivity index (χ1n) is 7.40. The highest BCUT2D eigenvalue weighted by atomic mass is 19.1. The van der Waals surface area contributed by atoms with Gasteiger partial charge < -0.3 is 10.6 Å². The van der Waals surface area contributed by atoms with Crippen molar-refractivity contribution in [3.63, 3.8) is 0 Å². The van der Waals surface area contributed by atoms with Crippen molar-refractivity contribution in [1.29, 1.82) is 0 Å². The highest BCUT2D eigenvalue weighted by Gasteiger charge is 2.31. The van der Waals surface area contributed by atoms with Crippen molar-refractivity contribution in [2.75, 3.05) is 0 Å². The van der Waals surface area contributed by atoms with Crippen molar-refractivity contribution in [1.82, 2.24) is 15.6 Å². The minimum Gasteiger partial charge on any atom is -0.347 e. The third-order valence-corrected chi connectivity index (χ3v) is 3.84. The molecule has 1 fully saturated rings. The molecular weight excluding hydrogens is 297 g/mol. The van der Waals surface area contributed by atoms with E-state index in [1.165, 1.54) is 12.1 Å². The summed E-state index contributed by atoms with van der Waals surface area (Å²) in [6.45, 7) is 0. The minimum absolute atomic E-state index is 0.0377. The second-order valence-electron chi connectivity index (χ2n) is 5.44. The molecule has 0 spiro atoms. The zero-order valence-corrected chi connectivity index (χ0v) is 12.3. The van der Waals surface area contributed by atoms with Crippen LogP contribution in [0, 0.1) is 5.82 Å². The Kier molecular flexibility index (Phi) is 4.32. The van der Waals surface area contributed by atoms with Crippen LogP contribution in [0.4, 0.5) is 4.39 Å². The molecule has 0 radical (unpaired) electrons. The lowest BCUT2D eigenvalue weighted by Crippen LogP contribution is -2.50. The molecule has 0 bridgehead atoms. The van der Waals surface area contributed by atoms with Gasteiger partial charge in [0.05, 0.1) is 18.3 Å². The van der Waals surface area contributed by atoms with Crippen LogP contribution in [-0.4, -0.2) is 22.8 Å². The van der Waals surface area contributed by atoms with Crippen LogP contribution in [0.3, 0.4) is 0 Å². The molecule has 3 rings (SSSR count). The van der Waals surface area contributed by atoms with Crippen molar-refractivity contribution in [2.45, 2.75) is 24.9 Å². The first kappa shape index (κ1) is 15.1. The molecule has 23 heavy (non-hydrogen) atoms. The quantitative estimate of drug-likeness (QED) is 0.910. The molecule has 0 aliphatic carbocycles. The fourth-order valence-corrected chi connectivity index (χ4v) is 2.68. The van der Waals surface area contributed by atoms with Gasteiger partial charge in [-0.05, 0) is 24.1 Å². The number of hydrogen-bond acceptors (Lipinski definition) is 3. The van der Waals surface area contributed by atoms with Crippen molar-refractivity contribution >= 4 is 11.8 Å². The van der Waals surface area contributed by atoms with E-state index >= 15 is 0 Å². The van der Waals surface area contributed by atoms with Gasteiger partial charge >= 0.3 is 0 Å². The van der Waals surface area contributed by atoms with Gasteiger partial charge in [0.15, 0.2) is 0 Å². The van der Waals surface area contributed by atoms with Crippen LogP contribution in [0.15, 0.2) is 48.7 Å². The molecule has 0 saturated carbocycles. The van der Waals surface area contributed by atoms with E-state index in [0.29, 0.717) is 12.8 Å². The van der Waals surface area contributed by atoms with Crippen LogP contribution < -0.4 is 10.6 Å². The second-order valence-corrected chi connectivity index (χ2v) is 5.44. The van der Waals surface area contributed by atoms with E-state index < -0.39 is 5.82 Å². The molecule has 2 N–H and O–H groups in total. The fraction of sp³-hybridized carbons (Fsp3) is 0.235. The Labute approximate surface area is 132 Å². The molecule has 6 heteroatoms. The topological polar surface area (TPSA) is 71.1 Å². The van der Waals surface area contributed by atoms with Gasteiger partial charge in [-0.1, -0.05) is 30.3 Å². The highest BCUT2D eigenvalue weighted by molar-refractivity contribution is 5.92. The molecule has 1 aliphatic heterocycles. The molecule has 5 nitrogen and oxygen atoms in total. The number of aromatic nitrogens is 1. The molecule has 2 atom stereocenters. The van der Waals surface area contributed by atoms with Gasteiger partial charge in [-0.25, -0.2) is 9.37 Å². The molecule has 1 aromatic heterocycles. The van der Waals surface area contributed by atoms with E-state index in [4.69, 9.17) is 0 Å². The largest absolute Gasteiger partial charge is 0.347 e. The molecule has 2 heterocycles. The third kappa shape index (κ3) is 3.53. The molecule has 0 unspecified atom stereocenters. The Morgan fingerprint density at radius 1 is 1.22 bits per heavy atom. The lowest BCUT2D eigenvalue weighted by atomic mass is 9.92. The first-order valence-corrected chi connectivity index (χ1v) is 7.40. The van der Waals surface area contributed by atoms with Gasteiger partial charge in [-0.2, -0.15) is 0 Å². The summed E-state index contributed by atoms with van der Waals surface area (Å²) >= 11 is 0. The maximum absolute atomic E-state index is 12.9. The second kappa shape index (κ2) is 6.56. The number of amides is 2. The Hall–Kier alpha value is -2.76. The number of nitrogens with zero attached hydrogens (tertiary/aromatic N) is 1. The number of carbonyl (C=O) groups excluding carboxylic acids is 2. The number of halogens is 1. The number of rotatable bonds is 3. The summed E-state index contributed by atoms with van der Waals surface area (Å²) in [5, 5.41) is 5.80. The van der Waals surface area contributed by atoms with E-state index in [-0.39, 0.29) is 29.6 Å². The SMILES string of the molecule is O=C1CC[C@@H](NC(=O)c2ccc(F)cn2)[C@H](c2ccccc2)N1. The molecule has 1 aliphatic rings. The van der Waals surface area contributed by atoms with Crippen LogP contribution in [0.2, 0.25) is 0 Å². The monoisotopic (exact) mass is 313 g/mol. The molecule has 2 amide bonds. The number of piperidine rings is 1. The summed E-state index contributed by atoms with van der Waals surface area (Å²) in [6.07, 6.45) is 1.90. The highest BCUT2D eigenvalue weighted by Crippen LogP contribution is 2.24. The van der Waals surface area contributed by atoms with Crippen LogP contribution in [0.25, 0.3) is 0 Å². The van der Waals surface area contributed by atoms with Gasteiger partial charge in [-0.15, -0.1) is 0 Å². The van der Waals surface area contributed by atoms with Gasteiger partial charge in [0.2, 0.25) is 5.91 Å². The molecule has 1 saturated heterocycles. The van der Waals surface area contributed by atoms with Crippen LogP contribution in [0.1, 0.15) is 34.9 Å². The van der Waals surface area contributed by atoms with Gasteiger partial charge in [-0.3, -0.25) is 9.59 Å². The Bertz CT molecular complexity index is 704. The van der Waals surface area contributed by atoms with E-state index in [1.807, 2.05) is 30.3 Å². The van der Waals surface area contributed by atoms with Crippen molar-refractivity contribution < 1.29 is 14.0 Å². The minimum atomic E-state index is -0.492. The zero-order valence-electron chi connectivity index (χ0n) is 12.3. The predicted octanol–water partition coefficient (Wildman–Crippen LogP) is 1.97. The maximum atomic E-state index is 12.9. The van der Waals surface area contributed by atoms with Gasteiger partial charge in [0.1, 0.15) is 11.5 Å².